The van der Waals surface area contributed by atoms with Gasteiger partial charge < -0.3 is 115 Å². The smallest absolute Gasteiger partial charge is 0.305 e. The minimum Gasteiger partial charge on any atom is -0.508 e. The van der Waals surface area contributed by atoms with Crippen molar-refractivity contribution in [2.75, 3.05) is 58.8 Å². The van der Waals surface area contributed by atoms with Crippen molar-refractivity contribution in [3.05, 3.63) is 173 Å². The van der Waals surface area contributed by atoms with E-state index in [1.165, 1.54) is 51.4 Å². The summed E-state index contributed by atoms with van der Waals surface area (Å²) in [5.41, 5.74) is 19.0. The highest BCUT2D eigenvalue weighted by Gasteiger charge is 2.48. The molecule has 0 bridgehead atoms. The van der Waals surface area contributed by atoms with Crippen LogP contribution in [-0.2, 0) is 114 Å². The Bertz CT molecular complexity index is 5200. The number of nitrogens with zero attached hydrogens (tertiary/aromatic N) is 5. The van der Waals surface area contributed by atoms with Crippen LogP contribution < -0.4 is 65.1 Å². The van der Waals surface area contributed by atoms with E-state index in [2.05, 4.69) is 52.8 Å². The highest BCUT2D eigenvalue weighted by Crippen LogP contribution is 2.29. The van der Waals surface area contributed by atoms with E-state index in [1.807, 2.05) is 0 Å². The number of rotatable bonds is 22. The Kier molecular flexibility index (Phi) is 36.6. The van der Waals surface area contributed by atoms with Crippen LogP contribution >= 0.6 is 11.8 Å². The lowest BCUT2D eigenvalue weighted by atomic mass is 9.98. The lowest BCUT2D eigenvalue weighted by Crippen LogP contribution is -2.62. The van der Waals surface area contributed by atoms with Crippen LogP contribution in [0.5, 0.6) is 5.75 Å². The number of aromatic hydroxyl groups is 1. The zero-order chi connectivity index (χ0) is 96.6. The van der Waals surface area contributed by atoms with Gasteiger partial charge in [0.15, 0.2) is 17.5 Å². The number of carbonyl (C=O) groups excluding carboxylic acids is 16. The molecule has 20 N–H and O–H groups in total. The minimum atomic E-state index is -2.08. The number of aromatic nitrogens is 1. The molecule has 5 aromatic carbocycles. The summed E-state index contributed by atoms with van der Waals surface area (Å²) in [6.07, 6.45) is -6.55. The summed E-state index contributed by atoms with van der Waals surface area (Å²) in [7, 11) is 3.52. The van der Waals surface area contributed by atoms with Crippen LogP contribution in [0, 0.1) is 23.4 Å². The number of nitrogens with one attached hydrogen (secondary N) is 10. The van der Waals surface area contributed by atoms with Crippen molar-refractivity contribution in [2.45, 2.75) is 189 Å². The zero-order valence-corrected chi connectivity index (χ0v) is 74.1. The minimum absolute atomic E-state index is 0.153. The Morgan fingerprint density at radius 3 is 1.58 bits per heavy atom. The van der Waals surface area contributed by atoms with Gasteiger partial charge >= 0.3 is 5.97 Å². The maximum atomic E-state index is 15.7. The van der Waals surface area contributed by atoms with Gasteiger partial charge in [0.2, 0.25) is 94.5 Å². The number of primary amides is 2. The number of carboxylic acid groups (broad SMARTS) is 1. The second kappa shape index (κ2) is 47.3. The monoisotopic (exact) mass is 1860 g/mol. The van der Waals surface area contributed by atoms with Gasteiger partial charge in [-0.15, -0.1) is 11.8 Å². The molecule has 3 saturated heterocycles. The molecule has 710 valence electrons. The predicted octanol–water partition coefficient (Wildman–Crippen LogP) is -2.41. The van der Waals surface area contributed by atoms with Crippen molar-refractivity contribution in [2.24, 2.45) is 23.1 Å². The molecule has 1 aromatic heterocycles. The largest absolute Gasteiger partial charge is 0.508 e. The number of unbranched alkanes of at least 4 members (excludes halogenated alkanes) is 1. The number of carboxylic acids is 1. The molecule has 0 unspecified atom stereocenters. The number of nitrogens with two attached hydrogens (primary N) is 3. The summed E-state index contributed by atoms with van der Waals surface area (Å²) in [6, 6.07) is 6.06. The number of likely N-dealkylation sites (N-methyl/N-ethyl adjacent to an activating group) is 3. The van der Waals surface area contributed by atoms with E-state index < -0.39 is 296 Å². The van der Waals surface area contributed by atoms with E-state index >= 15 is 51.9 Å². The standard InChI is InChI=1S/C89H111F3N18O21S/c1-7-8-23-66-88(130)110-43-54(113)36-69(110)84(126)101-61(38-74(117)118)80(122)105-76(46(2)3)89(131)107(5)67(32-47-17-11-9-12-18-47)82(124)102-63(37-71(94)114)86(128)109-42-53(112)35-68(109)83(125)100-60(34-51-40-96-58-22-16-15-21-55(51)58)79(121)99-59(30-49-24-26-52(111)27-25-49)78(120)103-64(39-93)81(123)104-65(77(119)97-41-72(95)115)44-132-45-73(116)98-62(31-50-28-56(90)75(92)57(91)29-50)85(127)108(6)70(87(129)106(66)4)33-48-19-13-10-14-20-48/h9-22,24-29,40,46,53-54,59-70,76,96,111-113H,7-8,23,30-39,41-45,93H2,1-6H3,(H2,94,114)(H2,95,115)(H,97,119)(H,98,116)(H,99,121)(H,100,125)(H,101,126)(H,102,124)(H,103,120)(H,104,123)(H,105,122)(H,117,118)/t53-,54-,59+,60+,61+,62+,63+,64+,65+,66+,67+,68+,69-,70+,76+/m1/s1. The summed E-state index contributed by atoms with van der Waals surface area (Å²) in [5, 5.41) is 66.3. The molecular weight excluding hydrogens is 1750 g/mol. The Balaban J connectivity index is 1.13. The molecule has 4 heterocycles. The van der Waals surface area contributed by atoms with Crippen LogP contribution in [0.25, 0.3) is 10.9 Å². The van der Waals surface area contributed by atoms with Crippen molar-refractivity contribution >= 4 is 123 Å². The van der Waals surface area contributed by atoms with E-state index in [0.29, 0.717) is 57.9 Å². The Morgan fingerprint density at radius 2 is 1.02 bits per heavy atom. The quantitative estimate of drug-likeness (QED) is 0.0315. The highest BCUT2D eigenvalue weighted by atomic mass is 32.2. The number of aliphatic hydroxyl groups excluding tert-OH is 2. The predicted molar refractivity (Wildman–Crippen MR) is 471 cm³/mol. The van der Waals surface area contributed by atoms with Gasteiger partial charge in [-0.05, 0) is 70.5 Å². The number of hydrogen-bond donors (Lipinski definition) is 17. The van der Waals surface area contributed by atoms with Gasteiger partial charge in [-0.2, -0.15) is 0 Å². The first-order valence-corrected chi connectivity index (χ1v) is 43.9. The summed E-state index contributed by atoms with van der Waals surface area (Å²) in [6.45, 7) is 1.92. The van der Waals surface area contributed by atoms with Crippen molar-refractivity contribution in [3.8, 4) is 5.75 Å². The maximum Gasteiger partial charge on any atom is 0.305 e. The average molecular weight is 1860 g/mol. The number of phenols is 1. The fraction of sp³-hybridized carbons (Fsp3) is 0.449. The molecule has 3 fully saturated rings. The molecule has 39 nitrogen and oxygen atoms in total. The van der Waals surface area contributed by atoms with Crippen molar-refractivity contribution in [1.29, 1.82) is 0 Å². The second-order valence-electron chi connectivity index (χ2n) is 33.1. The first-order chi connectivity index (χ1) is 62.6. The molecule has 0 saturated carbocycles. The fourth-order valence-corrected chi connectivity index (χ4v) is 16.7. The third-order valence-electron chi connectivity index (χ3n) is 23.0. The number of benzene rings is 5. The van der Waals surface area contributed by atoms with Gasteiger partial charge in [-0.1, -0.05) is 125 Å². The molecule has 132 heavy (non-hydrogen) atoms. The lowest BCUT2D eigenvalue weighted by Gasteiger charge is -2.38. The number of H-pyrrole nitrogens is 1. The molecule has 3 aliphatic rings. The third-order valence-corrected chi connectivity index (χ3v) is 24.0. The number of thioether (sulfide) groups is 1. The fourth-order valence-electron chi connectivity index (χ4n) is 15.9. The molecule has 0 aliphatic carbocycles. The van der Waals surface area contributed by atoms with Crippen molar-refractivity contribution in [3.63, 3.8) is 0 Å². The number of para-hydroxylation sites is 1. The van der Waals surface area contributed by atoms with E-state index in [0.717, 1.165) is 38.6 Å². The van der Waals surface area contributed by atoms with E-state index in [-0.39, 0.29) is 43.4 Å². The third kappa shape index (κ3) is 27.5. The van der Waals surface area contributed by atoms with Crippen molar-refractivity contribution < 1.29 is 115 Å². The number of phenolic OH excluding ortho intramolecular Hbond substituents is 1. The number of carbonyl (C=O) groups is 17. The average Bonchev–Trinajstić information content (AvgIpc) is 1.38. The summed E-state index contributed by atoms with van der Waals surface area (Å²) < 4.78 is 45.0. The van der Waals surface area contributed by atoms with Gasteiger partial charge in [-0.25, -0.2) is 13.2 Å². The zero-order valence-electron chi connectivity index (χ0n) is 73.3. The van der Waals surface area contributed by atoms with E-state index in [9.17, 15) is 63.2 Å². The van der Waals surface area contributed by atoms with Gasteiger partial charge in [0.05, 0.1) is 37.3 Å². The Morgan fingerprint density at radius 1 is 0.515 bits per heavy atom. The Hall–Kier alpha value is -13.6. The van der Waals surface area contributed by atoms with Crippen LogP contribution in [-0.4, -0.2) is 300 Å². The summed E-state index contributed by atoms with van der Waals surface area (Å²) >= 11 is 0.604. The molecular formula is C89H111F3N18O21S. The molecule has 0 spiro atoms. The van der Waals surface area contributed by atoms with Crippen molar-refractivity contribution in [1.82, 2.24) is 77.3 Å². The number of aliphatic carboxylic acids is 1. The highest BCUT2D eigenvalue weighted by molar-refractivity contribution is 8.00. The normalized spacial score (nSPS) is 24.8. The Labute approximate surface area is 761 Å². The number of amides is 16. The number of fused-ring (bicyclic) bond motifs is 3. The lowest BCUT2D eigenvalue weighted by molar-refractivity contribution is -0.152. The summed E-state index contributed by atoms with van der Waals surface area (Å²) in [4.78, 5) is 256. The molecule has 16 amide bonds. The second-order valence-corrected chi connectivity index (χ2v) is 34.2. The van der Waals surface area contributed by atoms with Gasteiger partial charge in [0.1, 0.15) is 84.3 Å². The van der Waals surface area contributed by atoms with Crippen LogP contribution in [0.15, 0.2) is 128 Å². The van der Waals surface area contributed by atoms with Crippen LogP contribution in [0.3, 0.4) is 0 Å². The van der Waals surface area contributed by atoms with Gasteiger partial charge in [0, 0.05) is 109 Å². The summed E-state index contributed by atoms with van der Waals surface area (Å²) in [5.74, 6) is -27.3. The van der Waals surface area contributed by atoms with Gasteiger partial charge in [-0.3, -0.25) is 81.5 Å². The van der Waals surface area contributed by atoms with Crippen LogP contribution in [0.4, 0.5) is 13.2 Å². The number of halogens is 3. The van der Waals surface area contributed by atoms with E-state index in [4.69, 9.17) is 17.2 Å². The number of aromatic amines is 1. The maximum absolute atomic E-state index is 15.7. The molecule has 0 radical (unpaired) electrons. The molecule has 15 atom stereocenters. The topological polar surface area (TPSA) is 589 Å². The van der Waals surface area contributed by atoms with E-state index in [1.54, 1.807) is 91.9 Å². The molecule has 6 aromatic rings. The number of hydrogen-bond acceptors (Lipinski definition) is 22. The first kappa shape index (κ1) is 102. The molecule has 3 aliphatic heterocycles. The van der Waals surface area contributed by atoms with Crippen LogP contribution in [0.2, 0.25) is 0 Å². The molecule has 43 heteroatoms. The van der Waals surface area contributed by atoms with Gasteiger partial charge in [0.25, 0.3) is 0 Å². The first-order valence-electron chi connectivity index (χ1n) is 42.7. The molecule has 9 rings (SSSR count). The SMILES string of the molecule is CCCC[C@H]1C(=O)N2C[C@H](O)C[C@@H]2C(=O)N[C@@H](CC(=O)O)C(=O)N[C@@H](C(C)C)C(=O)N(C)[C@@H](Cc2ccccc2)C(=O)N[C@@H](CC(N)=O)C(=O)N2C[C@H](O)C[C@H]2C(=O)N[C@@H](Cc2c[nH]c3ccccc23)C(=O)N[C@@H](Cc2ccc(O)cc2)C(=O)N[C@@H](CN)C(=O)N[C@H](C(=O)NCC(N)=O)CSCC(=O)N[C@@H](Cc2cc(F)c(F)c(F)c2)C(=O)N(C)[C@@H](Cc2ccccc2)C(=O)N1C. The number of aliphatic hydroxyl groups is 2. The van der Waals surface area contributed by atoms with Crippen LogP contribution in [0.1, 0.15) is 93.5 Å².